The maximum atomic E-state index is 11.7. The molecule has 0 radical (unpaired) electrons. The van der Waals surface area contributed by atoms with Crippen molar-refractivity contribution in [3.8, 4) is 0 Å². The van der Waals surface area contributed by atoms with E-state index in [4.69, 9.17) is 0 Å². The van der Waals surface area contributed by atoms with Crippen LogP contribution in [0, 0.1) is 5.92 Å². The zero-order valence-corrected chi connectivity index (χ0v) is 8.07. The number of carbonyl (C=O) groups is 1. The van der Waals surface area contributed by atoms with Crippen molar-refractivity contribution in [2.45, 2.75) is 44.8 Å². The minimum atomic E-state index is -0.269. The van der Waals surface area contributed by atoms with Crippen molar-refractivity contribution >= 4 is 5.91 Å². The first-order valence-electron chi connectivity index (χ1n) is 5.22. The van der Waals surface area contributed by atoms with Crippen molar-refractivity contribution in [3.63, 3.8) is 0 Å². The fourth-order valence-corrected chi connectivity index (χ4v) is 2.60. The Balaban J connectivity index is 2.13. The summed E-state index contributed by atoms with van der Waals surface area (Å²) in [6, 6.07) is 0.131. The fraction of sp³-hybridized carbons (Fsp3) is 0.900. The highest BCUT2D eigenvalue weighted by atomic mass is 16.3. The van der Waals surface area contributed by atoms with Crippen LogP contribution < -0.4 is 0 Å². The summed E-state index contributed by atoms with van der Waals surface area (Å²) in [7, 11) is 0. The maximum absolute atomic E-state index is 11.7. The number of aliphatic hydroxyl groups excluding tert-OH is 1. The van der Waals surface area contributed by atoms with E-state index in [-0.39, 0.29) is 24.0 Å². The number of carbonyl (C=O) groups excluding carboxylic acids is 1. The molecule has 0 aromatic rings. The van der Waals surface area contributed by atoms with E-state index >= 15 is 0 Å². The predicted octanol–water partition coefficient (Wildman–Crippen LogP) is 0.768. The predicted molar refractivity (Wildman–Crippen MR) is 49.1 cm³/mol. The average Bonchev–Trinajstić information content (AvgIpc) is 2.38. The van der Waals surface area contributed by atoms with E-state index in [2.05, 4.69) is 6.92 Å². The molecule has 2 rings (SSSR count). The molecule has 3 unspecified atom stereocenters. The molecule has 0 aromatic heterocycles. The molecule has 3 nitrogen and oxygen atoms in total. The molecule has 2 bridgehead atoms. The molecule has 2 aliphatic rings. The largest absolute Gasteiger partial charge is 0.391 e. The van der Waals surface area contributed by atoms with Gasteiger partial charge in [0.05, 0.1) is 12.1 Å². The van der Waals surface area contributed by atoms with E-state index in [0.29, 0.717) is 0 Å². The van der Waals surface area contributed by atoms with Crippen LogP contribution in [0.3, 0.4) is 0 Å². The molecule has 2 fully saturated rings. The van der Waals surface area contributed by atoms with E-state index in [9.17, 15) is 9.90 Å². The van der Waals surface area contributed by atoms with Crippen molar-refractivity contribution < 1.29 is 9.90 Å². The number of nitrogens with zero attached hydrogens (tertiary/aromatic N) is 1. The van der Waals surface area contributed by atoms with E-state index < -0.39 is 0 Å². The summed E-state index contributed by atoms with van der Waals surface area (Å²) >= 11 is 0. The lowest BCUT2D eigenvalue weighted by atomic mass is 9.88. The second-order valence-corrected chi connectivity index (χ2v) is 4.18. The van der Waals surface area contributed by atoms with Gasteiger partial charge in [-0.25, -0.2) is 0 Å². The standard InChI is InChI=1S/C10H17NO2/c1-2-5-11-8-6-7(10(11)13)3-4-9(8)12/h7-9,12H,2-6H2,1H3. The van der Waals surface area contributed by atoms with Gasteiger partial charge in [-0.2, -0.15) is 0 Å². The molecule has 0 spiro atoms. The molecule has 0 aromatic carbocycles. The third-order valence-electron chi connectivity index (χ3n) is 3.28. The normalized spacial score (nSPS) is 38.5. The zero-order chi connectivity index (χ0) is 9.42. The van der Waals surface area contributed by atoms with Crippen molar-refractivity contribution in [2.24, 2.45) is 5.92 Å². The lowest BCUT2D eigenvalue weighted by molar-refractivity contribution is -0.132. The van der Waals surface area contributed by atoms with Crippen molar-refractivity contribution in [2.75, 3.05) is 6.54 Å². The van der Waals surface area contributed by atoms with E-state index in [0.717, 1.165) is 32.2 Å². The Morgan fingerprint density at radius 2 is 2.31 bits per heavy atom. The lowest BCUT2D eigenvalue weighted by Gasteiger charge is -2.28. The molecule has 1 N–H and O–H groups in total. The monoisotopic (exact) mass is 183 g/mol. The molecular weight excluding hydrogens is 166 g/mol. The second kappa shape index (κ2) is 3.29. The van der Waals surface area contributed by atoms with Crippen LogP contribution in [0.4, 0.5) is 0 Å². The summed E-state index contributed by atoms with van der Waals surface area (Å²) in [6.07, 6.45) is 3.30. The van der Waals surface area contributed by atoms with Crippen LogP contribution in [-0.2, 0) is 4.79 Å². The van der Waals surface area contributed by atoms with Crippen molar-refractivity contribution in [3.05, 3.63) is 0 Å². The molecule has 74 valence electrons. The number of likely N-dealkylation sites (tertiary alicyclic amines) is 1. The van der Waals surface area contributed by atoms with Crippen LogP contribution in [-0.4, -0.2) is 34.6 Å². The topological polar surface area (TPSA) is 40.5 Å². The van der Waals surface area contributed by atoms with Gasteiger partial charge in [0, 0.05) is 12.5 Å². The van der Waals surface area contributed by atoms with Crippen LogP contribution in [0.25, 0.3) is 0 Å². The number of aliphatic hydroxyl groups is 1. The summed E-state index contributed by atoms with van der Waals surface area (Å²) in [5.74, 6) is 0.503. The van der Waals surface area contributed by atoms with Crippen LogP contribution in [0.1, 0.15) is 32.6 Å². The van der Waals surface area contributed by atoms with Crippen LogP contribution in [0.5, 0.6) is 0 Å². The lowest BCUT2D eigenvalue weighted by Crippen LogP contribution is -2.40. The van der Waals surface area contributed by atoms with E-state index in [1.807, 2.05) is 4.90 Å². The Kier molecular flexibility index (Phi) is 2.28. The highest BCUT2D eigenvalue weighted by Gasteiger charge is 2.45. The third-order valence-corrected chi connectivity index (χ3v) is 3.28. The smallest absolute Gasteiger partial charge is 0.226 e. The van der Waals surface area contributed by atoms with Gasteiger partial charge in [-0.1, -0.05) is 6.92 Å². The highest BCUT2D eigenvalue weighted by Crippen LogP contribution is 2.36. The third kappa shape index (κ3) is 1.35. The molecule has 13 heavy (non-hydrogen) atoms. The van der Waals surface area contributed by atoms with E-state index in [1.165, 1.54) is 0 Å². The number of hydrogen-bond donors (Lipinski definition) is 1. The number of hydrogen-bond acceptors (Lipinski definition) is 2. The summed E-state index contributed by atoms with van der Waals surface area (Å²) in [4.78, 5) is 13.6. The van der Waals surface area contributed by atoms with Gasteiger partial charge in [0.2, 0.25) is 5.91 Å². The minimum Gasteiger partial charge on any atom is -0.391 e. The van der Waals surface area contributed by atoms with Crippen LogP contribution in [0.2, 0.25) is 0 Å². The Labute approximate surface area is 78.7 Å². The second-order valence-electron chi connectivity index (χ2n) is 4.18. The average molecular weight is 183 g/mol. The summed E-state index contributed by atoms with van der Waals surface area (Å²) in [5.41, 5.74) is 0. The molecule has 1 amide bonds. The summed E-state index contributed by atoms with van der Waals surface area (Å²) in [5, 5.41) is 9.72. The molecule has 1 saturated carbocycles. The van der Waals surface area contributed by atoms with Crippen LogP contribution in [0.15, 0.2) is 0 Å². The van der Waals surface area contributed by atoms with Gasteiger partial charge in [-0.3, -0.25) is 4.79 Å². The molecule has 3 atom stereocenters. The molecule has 3 heteroatoms. The SMILES string of the molecule is CCCN1C(=O)C2CCC(O)C1C2. The van der Waals surface area contributed by atoms with Gasteiger partial charge >= 0.3 is 0 Å². The first-order valence-corrected chi connectivity index (χ1v) is 5.22. The van der Waals surface area contributed by atoms with Gasteiger partial charge < -0.3 is 10.0 Å². The maximum Gasteiger partial charge on any atom is 0.226 e. The summed E-state index contributed by atoms with van der Waals surface area (Å²) in [6.45, 7) is 2.89. The van der Waals surface area contributed by atoms with Gasteiger partial charge in [0.25, 0.3) is 0 Å². The Morgan fingerprint density at radius 1 is 1.54 bits per heavy atom. The van der Waals surface area contributed by atoms with Gasteiger partial charge in [-0.05, 0) is 25.7 Å². The first kappa shape index (κ1) is 9.00. The number of rotatable bonds is 2. The Hall–Kier alpha value is -0.570. The number of fused-ring (bicyclic) bond motifs is 2. The summed E-state index contributed by atoms with van der Waals surface area (Å²) < 4.78 is 0. The van der Waals surface area contributed by atoms with Gasteiger partial charge in [-0.15, -0.1) is 0 Å². The van der Waals surface area contributed by atoms with Crippen molar-refractivity contribution in [1.29, 1.82) is 0 Å². The highest BCUT2D eigenvalue weighted by molar-refractivity contribution is 5.82. The minimum absolute atomic E-state index is 0.131. The fourth-order valence-electron chi connectivity index (χ4n) is 2.60. The van der Waals surface area contributed by atoms with Crippen molar-refractivity contribution in [1.82, 2.24) is 4.90 Å². The Morgan fingerprint density at radius 3 is 3.00 bits per heavy atom. The van der Waals surface area contributed by atoms with Gasteiger partial charge in [0.1, 0.15) is 0 Å². The molecule has 1 heterocycles. The first-order chi connectivity index (χ1) is 6.24. The Bertz CT molecular complexity index is 217. The molecule has 1 aliphatic heterocycles. The van der Waals surface area contributed by atoms with Gasteiger partial charge in [0.15, 0.2) is 0 Å². The quantitative estimate of drug-likeness (QED) is 0.687. The zero-order valence-electron chi connectivity index (χ0n) is 8.07. The number of amides is 1. The van der Waals surface area contributed by atoms with E-state index in [1.54, 1.807) is 0 Å². The molecule has 1 saturated heterocycles. The molecular formula is C10H17NO2. The van der Waals surface area contributed by atoms with Crippen LogP contribution >= 0.6 is 0 Å². The molecule has 1 aliphatic carbocycles.